The van der Waals surface area contributed by atoms with Gasteiger partial charge in [0.15, 0.2) is 0 Å². The Bertz CT molecular complexity index is 774. The molecule has 1 amide bonds. The van der Waals surface area contributed by atoms with E-state index in [4.69, 9.17) is 9.47 Å². The Balaban J connectivity index is 1.56. The molecule has 2 aromatic rings. The van der Waals surface area contributed by atoms with Gasteiger partial charge in [0, 0.05) is 42.7 Å². The van der Waals surface area contributed by atoms with E-state index in [9.17, 15) is 4.79 Å². The molecule has 1 aromatic carbocycles. The van der Waals surface area contributed by atoms with Crippen molar-refractivity contribution >= 4 is 23.3 Å². The van der Waals surface area contributed by atoms with Gasteiger partial charge in [-0.3, -0.25) is 9.69 Å². The third-order valence-corrected chi connectivity index (χ3v) is 5.38. The highest BCUT2D eigenvalue weighted by Crippen LogP contribution is 2.29. The van der Waals surface area contributed by atoms with Crippen molar-refractivity contribution in [3.8, 4) is 11.5 Å². The zero-order valence-corrected chi connectivity index (χ0v) is 16.6. The van der Waals surface area contributed by atoms with Crippen LogP contribution in [-0.4, -0.2) is 43.7 Å². The van der Waals surface area contributed by atoms with Crippen molar-refractivity contribution in [2.75, 3.05) is 26.7 Å². The van der Waals surface area contributed by atoms with Crippen molar-refractivity contribution in [2.45, 2.75) is 26.0 Å². The first-order chi connectivity index (χ1) is 13.2. The molecule has 0 saturated heterocycles. The van der Waals surface area contributed by atoms with Crippen molar-refractivity contribution in [2.24, 2.45) is 0 Å². The predicted molar refractivity (Wildman–Crippen MR) is 109 cm³/mol. The lowest BCUT2D eigenvalue weighted by Crippen LogP contribution is -2.38. The van der Waals surface area contributed by atoms with Crippen molar-refractivity contribution in [1.82, 2.24) is 10.2 Å². The van der Waals surface area contributed by atoms with Gasteiger partial charge in [-0.1, -0.05) is 13.0 Å². The molecule has 1 aliphatic rings. The van der Waals surface area contributed by atoms with Crippen LogP contribution in [-0.2, 0) is 11.3 Å². The average Bonchev–Trinajstić information content (AvgIpc) is 3.13. The van der Waals surface area contributed by atoms with Gasteiger partial charge in [0.1, 0.15) is 17.6 Å². The number of carbonyl (C=O) groups is 1. The number of ether oxygens (including phenoxy) is 2. The first-order valence-corrected chi connectivity index (χ1v) is 10.1. The van der Waals surface area contributed by atoms with Gasteiger partial charge in [0.2, 0.25) is 5.91 Å². The zero-order valence-electron chi connectivity index (χ0n) is 15.8. The molecule has 0 aliphatic carbocycles. The van der Waals surface area contributed by atoms with Gasteiger partial charge in [0.05, 0.1) is 7.11 Å². The van der Waals surface area contributed by atoms with Crippen molar-refractivity contribution < 1.29 is 14.3 Å². The monoisotopic (exact) mass is 386 g/mol. The highest BCUT2D eigenvalue weighted by Gasteiger charge is 2.22. The molecule has 0 saturated carbocycles. The summed E-state index contributed by atoms with van der Waals surface area (Å²) >= 11 is 1.61. The Kier molecular flexibility index (Phi) is 6.90. The number of amides is 1. The second kappa shape index (κ2) is 9.58. The molecule has 1 atom stereocenters. The van der Waals surface area contributed by atoms with E-state index in [1.807, 2.05) is 41.8 Å². The van der Waals surface area contributed by atoms with Crippen LogP contribution in [0.5, 0.6) is 11.5 Å². The van der Waals surface area contributed by atoms with E-state index in [2.05, 4.69) is 17.1 Å². The summed E-state index contributed by atoms with van der Waals surface area (Å²) in [7, 11) is 1.67. The maximum Gasteiger partial charge on any atom is 0.244 e. The van der Waals surface area contributed by atoms with Gasteiger partial charge in [-0.25, -0.2) is 0 Å². The number of hydrogen-bond acceptors (Lipinski definition) is 5. The van der Waals surface area contributed by atoms with Crippen molar-refractivity contribution in [3.05, 3.63) is 52.2 Å². The molecule has 144 valence electrons. The van der Waals surface area contributed by atoms with Crippen molar-refractivity contribution in [3.63, 3.8) is 0 Å². The first kappa shape index (κ1) is 19.5. The number of thiophene rings is 1. The van der Waals surface area contributed by atoms with Crippen LogP contribution in [0.25, 0.3) is 6.08 Å². The lowest BCUT2D eigenvalue weighted by molar-refractivity contribution is -0.116. The molecule has 0 bridgehead atoms. The van der Waals surface area contributed by atoms with Gasteiger partial charge in [-0.15, -0.1) is 11.3 Å². The number of benzene rings is 1. The quantitative estimate of drug-likeness (QED) is 0.740. The molecule has 0 radical (unpaired) electrons. The maximum absolute atomic E-state index is 12.0. The van der Waals surface area contributed by atoms with Gasteiger partial charge in [-0.05, 0) is 42.1 Å². The number of nitrogens with one attached hydrogen (secondary N) is 1. The highest BCUT2D eigenvalue weighted by atomic mass is 32.1. The minimum absolute atomic E-state index is 0.0661. The van der Waals surface area contributed by atoms with E-state index in [1.165, 1.54) is 0 Å². The van der Waals surface area contributed by atoms with Crippen LogP contribution >= 0.6 is 11.3 Å². The van der Waals surface area contributed by atoms with E-state index in [1.54, 1.807) is 24.5 Å². The summed E-state index contributed by atoms with van der Waals surface area (Å²) in [6, 6.07) is 9.91. The fourth-order valence-electron chi connectivity index (χ4n) is 3.05. The normalized spacial score (nSPS) is 17.2. The minimum atomic E-state index is -0.0661. The average molecular weight is 387 g/mol. The summed E-state index contributed by atoms with van der Waals surface area (Å²) in [6.45, 7) is 5.13. The van der Waals surface area contributed by atoms with Crippen LogP contribution in [0.3, 0.4) is 0 Å². The summed E-state index contributed by atoms with van der Waals surface area (Å²) < 4.78 is 11.5. The zero-order chi connectivity index (χ0) is 19.1. The number of rotatable bonds is 7. The smallest absolute Gasteiger partial charge is 0.244 e. The van der Waals surface area contributed by atoms with Crippen LogP contribution < -0.4 is 14.8 Å². The van der Waals surface area contributed by atoms with Gasteiger partial charge >= 0.3 is 0 Å². The van der Waals surface area contributed by atoms with E-state index in [0.717, 1.165) is 48.0 Å². The second-order valence-corrected chi connectivity index (χ2v) is 7.48. The topological polar surface area (TPSA) is 50.8 Å². The molecule has 0 unspecified atom stereocenters. The summed E-state index contributed by atoms with van der Waals surface area (Å²) in [6.07, 6.45) is 4.52. The fraction of sp³-hybridized carbons (Fsp3) is 0.381. The molecule has 1 aliphatic heterocycles. The standard InChI is InChI=1S/C21H26N2O3S/c1-3-17-15-23(14-16-13-18(25-2)6-8-20(16)26-17)11-10-22-21(24)9-7-19-5-4-12-27-19/h4-9,12-13,17H,3,10-11,14-15H2,1-2H3,(H,22,24)/b9-7+/t17-/m0/s1. The summed E-state index contributed by atoms with van der Waals surface area (Å²) in [4.78, 5) is 15.4. The van der Waals surface area contributed by atoms with E-state index in [-0.39, 0.29) is 12.0 Å². The summed E-state index contributed by atoms with van der Waals surface area (Å²) in [5.41, 5.74) is 1.12. The van der Waals surface area contributed by atoms with Crippen LogP contribution in [0.1, 0.15) is 23.8 Å². The molecule has 1 aromatic heterocycles. The largest absolute Gasteiger partial charge is 0.497 e. The SMILES string of the molecule is CC[C@H]1CN(CCNC(=O)/C=C/c2cccs2)Cc2cc(OC)ccc2O1. The molecular formula is C21H26N2O3S. The Morgan fingerprint density at radius 2 is 2.33 bits per heavy atom. The van der Waals surface area contributed by atoms with Gasteiger partial charge < -0.3 is 14.8 Å². The Labute approximate surface area is 164 Å². The molecule has 1 N–H and O–H groups in total. The summed E-state index contributed by atoms with van der Waals surface area (Å²) in [5.74, 6) is 1.69. The molecule has 0 spiro atoms. The first-order valence-electron chi connectivity index (χ1n) is 9.23. The van der Waals surface area contributed by atoms with Crippen LogP contribution in [0, 0.1) is 0 Å². The molecule has 3 rings (SSSR count). The second-order valence-electron chi connectivity index (χ2n) is 6.50. The molecule has 27 heavy (non-hydrogen) atoms. The van der Waals surface area contributed by atoms with E-state index in [0.29, 0.717) is 6.54 Å². The molecule has 2 heterocycles. The number of carbonyl (C=O) groups excluding carboxylic acids is 1. The van der Waals surface area contributed by atoms with Crippen molar-refractivity contribution in [1.29, 1.82) is 0 Å². The number of fused-ring (bicyclic) bond motifs is 1. The lowest BCUT2D eigenvalue weighted by atomic mass is 10.2. The van der Waals surface area contributed by atoms with E-state index >= 15 is 0 Å². The highest BCUT2D eigenvalue weighted by molar-refractivity contribution is 7.10. The van der Waals surface area contributed by atoms with E-state index < -0.39 is 0 Å². The minimum Gasteiger partial charge on any atom is -0.497 e. The van der Waals surface area contributed by atoms with Crippen LogP contribution in [0.2, 0.25) is 0 Å². The van der Waals surface area contributed by atoms with Gasteiger partial charge in [-0.2, -0.15) is 0 Å². The van der Waals surface area contributed by atoms with Crippen LogP contribution in [0.15, 0.2) is 41.8 Å². The van der Waals surface area contributed by atoms with Gasteiger partial charge in [0.25, 0.3) is 0 Å². The Hall–Kier alpha value is -2.31. The number of nitrogens with zero attached hydrogens (tertiary/aromatic N) is 1. The third kappa shape index (κ3) is 5.58. The van der Waals surface area contributed by atoms with Crippen LogP contribution in [0.4, 0.5) is 0 Å². The third-order valence-electron chi connectivity index (χ3n) is 4.54. The fourth-order valence-corrected chi connectivity index (χ4v) is 3.67. The number of hydrogen-bond donors (Lipinski definition) is 1. The molecular weight excluding hydrogens is 360 g/mol. The Morgan fingerprint density at radius 1 is 1.44 bits per heavy atom. The lowest BCUT2D eigenvalue weighted by Gasteiger charge is -2.23. The predicted octanol–water partition coefficient (Wildman–Crippen LogP) is 3.56. The summed E-state index contributed by atoms with van der Waals surface area (Å²) in [5, 5.41) is 4.96. The molecule has 6 heteroatoms. The molecule has 5 nitrogen and oxygen atoms in total. The number of methoxy groups -OCH3 is 1. The molecule has 0 fully saturated rings. The maximum atomic E-state index is 12.0. The Morgan fingerprint density at radius 3 is 3.07 bits per heavy atom.